The number of nitrogens with zero attached hydrogens (tertiary/aromatic N) is 1. The van der Waals surface area contributed by atoms with Crippen molar-refractivity contribution >= 4 is 10.0 Å². The average Bonchev–Trinajstić information content (AvgIpc) is 2.69. The molecule has 29 heavy (non-hydrogen) atoms. The van der Waals surface area contributed by atoms with Crippen molar-refractivity contribution in [2.45, 2.75) is 67.7 Å². The minimum absolute atomic E-state index is 0.0134. The lowest BCUT2D eigenvalue weighted by atomic mass is 9.94. The zero-order valence-corrected chi connectivity index (χ0v) is 17.2. The Morgan fingerprint density at radius 2 is 1.45 bits per heavy atom. The number of piperidine rings is 1. The Morgan fingerprint density at radius 1 is 0.897 bits per heavy atom. The predicted octanol–water partition coefficient (Wildman–Crippen LogP) is 2.78. The van der Waals surface area contributed by atoms with Gasteiger partial charge in [0.05, 0.1) is 36.3 Å². The summed E-state index contributed by atoms with van der Waals surface area (Å²) >= 11 is 0. The monoisotopic (exact) mass is 430 g/mol. The molecule has 1 aromatic carbocycles. The molecule has 1 saturated carbocycles. The number of rotatable bonds is 6. The summed E-state index contributed by atoms with van der Waals surface area (Å²) in [7, 11) is -3.87. The quantitative estimate of drug-likeness (QED) is 0.752. The smallest absolute Gasteiger partial charge is 0.275 e. The molecule has 162 valence electrons. The Bertz CT molecular complexity index is 781. The van der Waals surface area contributed by atoms with Crippen molar-refractivity contribution in [1.29, 1.82) is 0 Å². The van der Waals surface area contributed by atoms with E-state index in [-0.39, 0.29) is 11.0 Å². The summed E-state index contributed by atoms with van der Waals surface area (Å²) in [4.78, 5) is 0.0134. The Kier molecular flexibility index (Phi) is 6.11. The van der Waals surface area contributed by atoms with Gasteiger partial charge in [-0.3, -0.25) is 0 Å². The van der Waals surface area contributed by atoms with Gasteiger partial charge in [0.15, 0.2) is 0 Å². The lowest BCUT2D eigenvalue weighted by Crippen LogP contribution is -2.58. The standard InChI is InChI=1S/C20H28F2N2O4S/c21-20(22)13-24(14-20)29(25,26)19-7-5-17(6-8-19)27-15-1-3-16(4-2-15)28-18-9-11-23-12-10-18/h5-8,15-16,18,23H,1-4,9-14H2. The molecule has 6 nitrogen and oxygen atoms in total. The van der Waals surface area contributed by atoms with Crippen LogP contribution in [0.5, 0.6) is 5.75 Å². The molecule has 2 saturated heterocycles. The van der Waals surface area contributed by atoms with Gasteiger partial charge in [0.1, 0.15) is 5.75 Å². The lowest BCUT2D eigenvalue weighted by molar-refractivity contribution is -0.0945. The van der Waals surface area contributed by atoms with Crippen molar-refractivity contribution in [3.63, 3.8) is 0 Å². The van der Waals surface area contributed by atoms with Gasteiger partial charge in [0.25, 0.3) is 5.92 Å². The lowest BCUT2D eigenvalue weighted by Gasteiger charge is -2.37. The van der Waals surface area contributed by atoms with Crippen molar-refractivity contribution in [3.8, 4) is 5.75 Å². The maximum Gasteiger partial charge on any atom is 0.275 e. The van der Waals surface area contributed by atoms with E-state index >= 15 is 0 Å². The van der Waals surface area contributed by atoms with E-state index in [9.17, 15) is 17.2 Å². The van der Waals surface area contributed by atoms with Crippen molar-refractivity contribution in [3.05, 3.63) is 24.3 Å². The third kappa shape index (κ3) is 5.07. The molecule has 2 aliphatic heterocycles. The Balaban J connectivity index is 1.25. The second-order valence-electron chi connectivity index (χ2n) is 8.20. The molecule has 0 bridgehead atoms. The van der Waals surface area contributed by atoms with E-state index in [1.807, 2.05) is 0 Å². The van der Waals surface area contributed by atoms with Gasteiger partial charge in [-0.05, 0) is 75.9 Å². The van der Waals surface area contributed by atoms with Crippen LogP contribution in [0.15, 0.2) is 29.2 Å². The molecule has 0 amide bonds. The van der Waals surface area contributed by atoms with E-state index in [0.29, 0.717) is 18.0 Å². The highest BCUT2D eigenvalue weighted by Crippen LogP contribution is 2.33. The molecule has 0 aromatic heterocycles. The third-order valence-corrected chi connectivity index (χ3v) is 7.68. The highest BCUT2D eigenvalue weighted by atomic mass is 32.2. The van der Waals surface area contributed by atoms with E-state index in [4.69, 9.17) is 9.47 Å². The summed E-state index contributed by atoms with van der Waals surface area (Å²) in [5, 5.41) is 3.34. The van der Waals surface area contributed by atoms with Crippen LogP contribution >= 0.6 is 0 Å². The second kappa shape index (κ2) is 8.45. The molecular formula is C20H28F2N2O4S. The fourth-order valence-electron chi connectivity index (χ4n) is 4.16. The van der Waals surface area contributed by atoms with Gasteiger partial charge in [0.2, 0.25) is 10.0 Å². The number of nitrogens with one attached hydrogen (secondary N) is 1. The Morgan fingerprint density at radius 3 is 2.03 bits per heavy atom. The zero-order valence-electron chi connectivity index (χ0n) is 16.4. The fourth-order valence-corrected chi connectivity index (χ4v) is 5.66. The third-order valence-electron chi connectivity index (χ3n) is 5.87. The molecule has 1 N–H and O–H groups in total. The van der Waals surface area contributed by atoms with E-state index in [1.165, 1.54) is 12.1 Å². The molecule has 0 unspecified atom stereocenters. The molecule has 4 rings (SSSR count). The largest absolute Gasteiger partial charge is 0.490 e. The summed E-state index contributed by atoms with van der Waals surface area (Å²) in [6, 6.07) is 6.05. The Hall–Kier alpha value is -1.29. The van der Waals surface area contributed by atoms with Crippen LogP contribution in [0.4, 0.5) is 8.78 Å². The molecule has 3 aliphatic rings. The first-order valence-corrected chi connectivity index (χ1v) is 11.8. The molecule has 0 radical (unpaired) electrons. The van der Waals surface area contributed by atoms with Crippen LogP contribution in [0.2, 0.25) is 0 Å². The number of halogens is 2. The van der Waals surface area contributed by atoms with Gasteiger partial charge >= 0.3 is 0 Å². The van der Waals surface area contributed by atoms with Crippen LogP contribution in [0.1, 0.15) is 38.5 Å². The van der Waals surface area contributed by atoms with Crippen molar-refractivity contribution in [1.82, 2.24) is 9.62 Å². The first kappa shape index (κ1) is 21.0. The van der Waals surface area contributed by atoms with Gasteiger partial charge in [-0.25, -0.2) is 17.2 Å². The van der Waals surface area contributed by atoms with Crippen molar-refractivity contribution in [2.75, 3.05) is 26.2 Å². The van der Waals surface area contributed by atoms with Gasteiger partial charge in [0, 0.05) is 0 Å². The van der Waals surface area contributed by atoms with Crippen LogP contribution in [0.3, 0.4) is 0 Å². The molecular weight excluding hydrogens is 402 g/mol. The summed E-state index contributed by atoms with van der Waals surface area (Å²) in [5.41, 5.74) is 0. The maximum atomic E-state index is 13.0. The highest BCUT2D eigenvalue weighted by molar-refractivity contribution is 7.89. The van der Waals surface area contributed by atoms with E-state index < -0.39 is 29.0 Å². The summed E-state index contributed by atoms with van der Waals surface area (Å²) < 4.78 is 63.7. The van der Waals surface area contributed by atoms with Crippen LogP contribution in [-0.2, 0) is 14.8 Å². The first-order valence-electron chi connectivity index (χ1n) is 10.3. The average molecular weight is 431 g/mol. The number of hydrogen-bond donors (Lipinski definition) is 1. The van der Waals surface area contributed by atoms with Crippen LogP contribution < -0.4 is 10.1 Å². The summed E-state index contributed by atoms with van der Waals surface area (Å²) in [6.45, 7) is 0.538. The second-order valence-corrected chi connectivity index (χ2v) is 10.1. The molecule has 1 aromatic rings. The van der Waals surface area contributed by atoms with E-state index in [1.54, 1.807) is 12.1 Å². The fraction of sp³-hybridized carbons (Fsp3) is 0.700. The minimum Gasteiger partial charge on any atom is -0.490 e. The molecule has 0 atom stereocenters. The predicted molar refractivity (Wildman–Crippen MR) is 104 cm³/mol. The summed E-state index contributed by atoms with van der Waals surface area (Å²) in [6.07, 6.45) is 6.60. The number of sulfonamides is 1. The minimum atomic E-state index is -3.87. The SMILES string of the molecule is O=S(=O)(c1ccc(OC2CCC(OC3CCNCC3)CC2)cc1)N1CC(F)(F)C1. The van der Waals surface area contributed by atoms with E-state index in [2.05, 4.69) is 5.32 Å². The first-order chi connectivity index (χ1) is 13.8. The normalized spacial score (nSPS) is 28.6. The van der Waals surface area contributed by atoms with E-state index in [0.717, 1.165) is 55.9 Å². The topological polar surface area (TPSA) is 67.9 Å². The van der Waals surface area contributed by atoms with Crippen LogP contribution in [0.25, 0.3) is 0 Å². The number of alkyl halides is 2. The molecule has 9 heteroatoms. The maximum absolute atomic E-state index is 13.0. The molecule has 3 fully saturated rings. The number of benzene rings is 1. The highest BCUT2D eigenvalue weighted by Gasteiger charge is 2.49. The Labute approximate surface area is 170 Å². The molecule has 0 spiro atoms. The summed E-state index contributed by atoms with van der Waals surface area (Å²) in [5.74, 6) is -2.33. The van der Waals surface area contributed by atoms with Gasteiger partial charge in [-0.1, -0.05) is 0 Å². The van der Waals surface area contributed by atoms with Gasteiger partial charge in [-0.2, -0.15) is 4.31 Å². The van der Waals surface area contributed by atoms with Crippen molar-refractivity contribution < 1.29 is 26.7 Å². The van der Waals surface area contributed by atoms with Crippen LogP contribution in [-0.4, -0.2) is 63.1 Å². The van der Waals surface area contributed by atoms with Gasteiger partial charge in [-0.15, -0.1) is 0 Å². The number of hydrogen-bond acceptors (Lipinski definition) is 5. The molecule has 1 aliphatic carbocycles. The van der Waals surface area contributed by atoms with Gasteiger partial charge < -0.3 is 14.8 Å². The number of ether oxygens (including phenoxy) is 2. The van der Waals surface area contributed by atoms with Crippen molar-refractivity contribution in [2.24, 2.45) is 0 Å². The molecule has 2 heterocycles. The zero-order chi connectivity index (χ0) is 20.5. The van der Waals surface area contributed by atoms with Crippen LogP contribution in [0, 0.1) is 0 Å².